The van der Waals surface area contributed by atoms with Crippen LogP contribution >= 0.6 is 0 Å². The lowest BCUT2D eigenvalue weighted by Gasteiger charge is -2.04. The van der Waals surface area contributed by atoms with E-state index in [0.29, 0.717) is 16.5 Å². The third kappa shape index (κ3) is 1.82. The van der Waals surface area contributed by atoms with E-state index >= 15 is 0 Å². The third-order valence-electron chi connectivity index (χ3n) is 4.49. The first-order valence-corrected chi connectivity index (χ1v) is 7.83. The molecule has 0 amide bonds. The van der Waals surface area contributed by atoms with Gasteiger partial charge in [0.15, 0.2) is 0 Å². The zero-order valence-electron chi connectivity index (χ0n) is 12.7. The summed E-state index contributed by atoms with van der Waals surface area (Å²) in [5, 5.41) is 3.65. The van der Waals surface area contributed by atoms with Crippen molar-refractivity contribution in [3.05, 3.63) is 83.2 Å². The summed E-state index contributed by atoms with van der Waals surface area (Å²) in [6.45, 7) is 0. The van der Waals surface area contributed by atoms with E-state index in [0.717, 1.165) is 27.4 Å². The van der Waals surface area contributed by atoms with Crippen molar-refractivity contribution in [2.75, 3.05) is 0 Å². The van der Waals surface area contributed by atoms with E-state index < -0.39 is 0 Å². The predicted molar refractivity (Wildman–Crippen MR) is 97.3 cm³/mol. The van der Waals surface area contributed by atoms with Gasteiger partial charge in [0.25, 0.3) is 0 Å². The maximum atomic E-state index is 13.1. The van der Waals surface area contributed by atoms with Crippen molar-refractivity contribution in [2.24, 2.45) is 0 Å². The summed E-state index contributed by atoms with van der Waals surface area (Å²) in [6, 6.07) is 21.7. The molecule has 3 aromatic carbocycles. The van der Waals surface area contributed by atoms with Gasteiger partial charge < -0.3 is 9.40 Å². The molecule has 3 heteroatoms. The number of H-pyrrole nitrogens is 1. The monoisotopic (exact) mass is 311 g/mol. The molecule has 0 unspecified atom stereocenters. The molecule has 114 valence electrons. The third-order valence-corrected chi connectivity index (χ3v) is 4.49. The molecule has 0 spiro atoms. The van der Waals surface area contributed by atoms with Gasteiger partial charge in [-0.25, -0.2) is 0 Å². The van der Waals surface area contributed by atoms with Crippen molar-refractivity contribution in [1.82, 2.24) is 4.98 Å². The second-order valence-corrected chi connectivity index (χ2v) is 5.91. The number of aromatic nitrogens is 1. The molecule has 5 aromatic rings. The molecule has 0 aliphatic heterocycles. The number of nitrogens with one attached hydrogen (secondary N) is 1. The van der Waals surface area contributed by atoms with Gasteiger partial charge in [0.05, 0.1) is 16.6 Å². The quantitative estimate of drug-likeness (QED) is 0.438. The largest absolute Gasteiger partial charge is 0.463 e. The van der Waals surface area contributed by atoms with Crippen LogP contribution in [0.4, 0.5) is 0 Å². The predicted octanol–water partition coefficient (Wildman–Crippen LogP) is 5.09. The first kappa shape index (κ1) is 13.1. The van der Waals surface area contributed by atoms with E-state index in [4.69, 9.17) is 4.42 Å². The fourth-order valence-corrected chi connectivity index (χ4v) is 3.30. The van der Waals surface area contributed by atoms with Crippen LogP contribution in [-0.2, 0) is 0 Å². The van der Waals surface area contributed by atoms with Crippen LogP contribution < -0.4 is 5.43 Å². The molecule has 3 nitrogen and oxygen atoms in total. The Labute approximate surface area is 137 Å². The summed E-state index contributed by atoms with van der Waals surface area (Å²) in [4.78, 5) is 16.4. The second kappa shape index (κ2) is 4.83. The molecule has 0 radical (unpaired) electrons. The van der Waals surface area contributed by atoms with Crippen LogP contribution in [-0.4, -0.2) is 4.98 Å². The van der Waals surface area contributed by atoms with Crippen LogP contribution in [0.15, 0.2) is 82.2 Å². The Hall–Kier alpha value is -3.33. The molecule has 1 N–H and O–H groups in total. The van der Waals surface area contributed by atoms with Gasteiger partial charge in [0.1, 0.15) is 11.8 Å². The van der Waals surface area contributed by atoms with Gasteiger partial charge >= 0.3 is 0 Å². The van der Waals surface area contributed by atoms with Crippen LogP contribution in [0.1, 0.15) is 0 Å². The van der Waals surface area contributed by atoms with Crippen molar-refractivity contribution in [3.63, 3.8) is 0 Å². The van der Waals surface area contributed by atoms with Gasteiger partial charge in [-0.15, -0.1) is 0 Å². The molecule has 0 aliphatic rings. The van der Waals surface area contributed by atoms with Crippen LogP contribution in [0, 0.1) is 0 Å². The Balaban J connectivity index is 1.88. The SMILES string of the molecule is O=c1c(-c2cc3ccccc3[nH]2)coc2ccc3ccccc3c12. The number of benzene rings is 3. The average molecular weight is 311 g/mol. The van der Waals surface area contributed by atoms with Crippen LogP contribution in [0.5, 0.6) is 0 Å². The standard InChI is InChI=1S/C21H13NO2/c23-21-16(18-11-14-6-2-4-8-17(14)22-18)12-24-19-10-9-13-5-1-3-7-15(13)20(19)21/h1-12,22H. The molecule has 0 aliphatic carbocycles. The van der Waals surface area contributed by atoms with E-state index in [1.165, 1.54) is 0 Å². The molecule has 0 bridgehead atoms. The fraction of sp³-hybridized carbons (Fsp3) is 0. The molecule has 2 aromatic heterocycles. The Morgan fingerprint density at radius 3 is 2.50 bits per heavy atom. The lowest BCUT2D eigenvalue weighted by molar-refractivity contribution is 0.605. The molecule has 5 rings (SSSR count). The first-order valence-electron chi connectivity index (χ1n) is 7.83. The molecule has 0 saturated carbocycles. The number of rotatable bonds is 1. The summed E-state index contributed by atoms with van der Waals surface area (Å²) in [5.74, 6) is 0. The Morgan fingerprint density at radius 1 is 0.833 bits per heavy atom. The number of hydrogen-bond donors (Lipinski definition) is 1. The Morgan fingerprint density at radius 2 is 1.62 bits per heavy atom. The molecule has 2 heterocycles. The highest BCUT2D eigenvalue weighted by Gasteiger charge is 2.13. The van der Waals surface area contributed by atoms with E-state index in [2.05, 4.69) is 4.98 Å². The molecule has 0 atom stereocenters. The van der Waals surface area contributed by atoms with Gasteiger partial charge in [-0.2, -0.15) is 0 Å². The minimum Gasteiger partial charge on any atom is -0.463 e. The summed E-state index contributed by atoms with van der Waals surface area (Å²) >= 11 is 0. The highest BCUT2D eigenvalue weighted by molar-refractivity contribution is 6.06. The summed E-state index contributed by atoms with van der Waals surface area (Å²) < 4.78 is 5.76. The number of fused-ring (bicyclic) bond motifs is 4. The van der Waals surface area contributed by atoms with Crippen molar-refractivity contribution in [3.8, 4) is 11.3 Å². The lowest BCUT2D eigenvalue weighted by atomic mass is 10.0. The number of aromatic amines is 1. The zero-order valence-corrected chi connectivity index (χ0v) is 12.7. The van der Waals surface area contributed by atoms with E-state index in [1.807, 2.05) is 66.7 Å². The summed E-state index contributed by atoms with van der Waals surface area (Å²) in [7, 11) is 0. The van der Waals surface area contributed by atoms with Gasteiger partial charge in [-0.1, -0.05) is 48.5 Å². The highest BCUT2D eigenvalue weighted by Crippen LogP contribution is 2.27. The Kier molecular flexibility index (Phi) is 2.65. The minimum atomic E-state index is -0.0143. The summed E-state index contributed by atoms with van der Waals surface area (Å²) in [5.41, 5.74) is 2.93. The second-order valence-electron chi connectivity index (χ2n) is 5.91. The van der Waals surface area contributed by atoms with Crippen molar-refractivity contribution in [2.45, 2.75) is 0 Å². The average Bonchev–Trinajstić information content (AvgIpc) is 3.05. The molecule has 0 saturated heterocycles. The number of para-hydroxylation sites is 1. The van der Waals surface area contributed by atoms with E-state index in [1.54, 1.807) is 6.26 Å². The van der Waals surface area contributed by atoms with Crippen molar-refractivity contribution < 1.29 is 4.42 Å². The highest BCUT2D eigenvalue weighted by atomic mass is 16.3. The first-order chi connectivity index (χ1) is 11.8. The smallest absolute Gasteiger partial charge is 0.202 e. The number of hydrogen-bond acceptors (Lipinski definition) is 2. The van der Waals surface area contributed by atoms with Crippen LogP contribution in [0.2, 0.25) is 0 Å². The summed E-state index contributed by atoms with van der Waals surface area (Å²) in [6.07, 6.45) is 1.55. The molecular formula is C21H13NO2. The van der Waals surface area contributed by atoms with Crippen LogP contribution in [0.25, 0.3) is 43.9 Å². The topological polar surface area (TPSA) is 46.0 Å². The van der Waals surface area contributed by atoms with Gasteiger partial charge in [-0.05, 0) is 29.0 Å². The van der Waals surface area contributed by atoms with Crippen molar-refractivity contribution >= 4 is 32.6 Å². The normalized spacial score (nSPS) is 11.5. The molecular weight excluding hydrogens is 298 g/mol. The minimum absolute atomic E-state index is 0.0143. The van der Waals surface area contributed by atoms with Gasteiger partial charge in [-0.3, -0.25) is 4.79 Å². The molecule has 24 heavy (non-hydrogen) atoms. The van der Waals surface area contributed by atoms with Crippen LogP contribution in [0.3, 0.4) is 0 Å². The maximum absolute atomic E-state index is 13.1. The molecule has 0 fully saturated rings. The Bertz CT molecular complexity index is 1240. The van der Waals surface area contributed by atoms with Gasteiger partial charge in [0, 0.05) is 10.9 Å². The van der Waals surface area contributed by atoms with E-state index in [-0.39, 0.29) is 5.43 Å². The van der Waals surface area contributed by atoms with Crippen molar-refractivity contribution in [1.29, 1.82) is 0 Å². The van der Waals surface area contributed by atoms with E-state index in [9.17, 15) is 4.79 Å². The van der Waals surface area contributed by atoms with Gasteiger partial charge in [0.2, 0.25) is 5.43 Å². The zero-order chi connectivity index (χ0) is 16.1. The lowest BCUT2D eigenvalue weighted by Crippen LogP contribution is -2.05. The maximum Gasteiger partial charge on any atom is 0.202 e. The fourth-order valence-electron chi connectivity index (χ4n) is 3.30.